The fourth-order valence-electron chi connectivity index (χ4n) is 2.46. The maximum absolute atomic E-state index is 13.5. The summed E-state index contributed by atoms with van der Waals surface area (Å²) in [5.41, 5.74) is 6.22. The van der Waals surface area contributed by atoms with E-state index in [4.69, 9.17) is 5.73 Å². The first-order valence-electron chi connectivity index (χ1n) is 6.09. The van der Waals surface area contributed by atoms with Crippen molar-refractivity contribution in [3.8, 4) is 5.69 Å². The van der Waals surface area contributed by atoms with Crippen LogP contribution >= 0.6 is 0 Å². The van der Waals surface area contributed by atoms with Gasteiger partial charge in [-0.05, 0) is 35.4 Å². The van der Waals surface area contributed by atoms with Gasteiger partial charge in [0.15, 0.2) is 5.82 Å². The fraction of sp³-hybridized carbons (Fsp3) is 0.417. The summed E-state index contributed by atoms with van der Waals surface area (Å²) >= 11 is 0. The minimum absolute atomic E-state index is 0.134. The van der Waals surface area contributed by atoms with Gasteiger partial charge in [-0.25, -0.2) is 4.39 Å². The summed E-state index contributed by atoms with van der Waals surface area (Å²) in [5.74, 6) is 0.748. The molecule has 0 aliphatic heterocycles. The molecule has 0 spiro atoms. The molecule has 0 atom stereocenters. The SMILES string of the molecule is Nc1ccc(-n2nnnc2C2CCCC2)cc1F. The molecule has 5 nitrogen and oxygen atoms in total. The van der Waals surface area contributed by atoms with E-state index in [1.54, 1.807) is 10.7 Å². The minimum Gasteiger partial charge on any atom is -0.396 e. The van der Waals surface area contributed by atoms with Crippen LogP contribution in [-0.4, -0.2) is 20.2 Å². The second-order valence-electron chi connectivity index (χ2n) is 4.64. The predicted molar refractivity (Wildman–Crippen MR) is 64.7 cm³/mol. The van der Waals surface area contributed by atoms with Crippen molar-refractivity contribution in [2.45, 2.75) is 31.6 Å². The van der Waals surface area contributed by atoms with E-state index in [0.717, 1.165) is 18.7 Å². The van der Waals surface area contributed by atoms with Crippen molar-refractivity contribution in [3.05, 3.63) is 29.8 Å². The lowest BCUT2D eigenvalue weighted by Gasteiger charge is -2.09. The van der Waals surface area contributed by atoms with Crippen LogP contribution in [0.3, 0.4) is 0 Å². The molecule has 0 bridgehead atoms. The number of nitrogens with zero attached hydrogens (tertiary/aromatic N) is 4. The van der Waals surface area contributed by atoms with Crippen LogP contribution in [0, 0.1) is 5.82 Å². The Hall–Kier alpha value is -1.98. The van der Waals surface area contributed by atoms with E-state index in [9.17, 15) is 4.39 Å². The second kappa shape index (κ2) is 4.36. The molecule has 0 unspecified atom stereocenters. The van der Waals surface area contributed by atoms with Crippen LogP contribution in [0.5, 0.6) is 0 Å². The van der Waals surface area contributed by atoms with E-state index in [1.165, 1.54) is 25.0 Å². The normalized spacial score (nSPS) is 16.3. The third-order valence-electron chi connectivity index (χ3n) is 3.44. The number of nitrogen functional groups attached to an aromatic ring is 1. The quantitative estimate of drug-likeness (QED) is 0.824. The van der Waals surface area contributed by atoms with E-state index in [2.05, 4.69) is 15.5 Å². The van der Waals surface area contributed by atoms with Gasteiger partial charge in [-0.1, -0.05) is 12.8 Å². The van der Waals surface area contributed by atoms with Gasteiger partial charge in [0, 0.05) is 12.0 Å². The predicted octanol–water partition coefficient (Wildman–Crippen LogP) is 2.04. The third-order valence-corrected chi connectivity index (χ3v) is 3.44. The summed E-state index contributed by atoms with van der Waals surface area (Å²) in [6, 6.07) is 4.63. The van der Waals surface area contributed by atoms with Gasteiger partial charge in [-0.2, -0.15) is 4.68 Å². The summed E-state index contributed by atoms with van der Waals surface area (Å²) in [4.78, 5) is 0. The number of rotatable bonds is 2. The average Bonchev–Trinajstić information content (AvgIpc) is 3.00. The summed E-state index contributed by atoms with van der Waals surface area (Å²) in [7, 11) is 0. The van der Waals surface area contributed by atoms with Gasteiger partial charge < -0.3 is 5.73 Å². The van der Waals surface area contributed by atoms with Gasteiger partial charge in [-0.3, -0.25) is 0 Å². The zero-order valence-corrected chi connectivity index (χ0v) is 9.88. The van der Waals surface area contributed by atoms with Gasteiger partial charge in [0.1, 0.15) is 5.82 Å². The van der Waals surface area contributed by atoms with Gasteiger partial charge in [-0.15, -0.1) is 5.10 Å². The fourth-order valence-corrected chi connectivity index (χ4v) is 2.46. The Kier molecular flexibility index (Phi) is 2.70. The van der Waals surface area contributed by atoms with Gasteiger partial charge in [0.2, 0.25) is 0 Å². The maximum atomic E-state index is 13.5. The summed E-state index contributed by atoms with van der Waals surface area (Å²) < 4.78 is 15.1. The van der Waals surface area contributed by atoms with E-state index in [-0.39, 0.29) is 5.69 Å². The number of anilines is 1. The first-order chi connectivity index (χ1) is 8.75. The Labute approximate surface area is 104 Å². The molecule has 2 N–H and O–H groups in total. The number of nitrogens with two attached hydrogens (primary N) is 1. The molecule has 0 amide bonds. The maximum Gasteiger partial charge on any atom is 0.159 e. The van der Waals surface area contributed by atoms with E-state index in [1.807, 2.05) is 0 Å². The van der Waals surface area contributed by atoms with Crippen LogP contribution in [-0.2, 0) is 0 Å². The summed E-state index contributed by atoms with van der Waals surface area (Å²) in [6.07, 6.45) is 4.59. The molecule has 1 heterocycles. The Morgan fingerprint density at radius 1 is 1.28 bits per heavy atom. The first-order valence-corrected chi connectivity index (χ1v) is 6.09. The van der Waals surface area contributed by atoms with Crippen molar-refractivity contribution >= 4 is 5.69 Å². The molecule has 1 aliphatic carbocycles. The average molecular weight is 247 g/mol. The largest absolute Gasteiger partial charge is 0.396 e. The molecule has 1 aromatic heterocycles. The number of halogens is 1. The number of tetrazole rings is 1. The molecule has 1 fully saturated rings. The molecule has 0 saturated heterocycles. The highest BCUT2D eigenvalue weighted by Gasteiger charge is 2.23. The molecule has 18 heavy (non-hydrogen) atoms. The molecular formula is C12H14FN5. The number of aromatic nitrogens is 4. The van der Waals surface area contributed by atoms with Crippen molar-refractivity contribution in [2.24, 2.45) is 0 Å². The Bertz CT molecular complexity index is 559. The Morgan fingerprint density at radius 3 is 2.78 bits per heavy atom. The van der Waals surface area contributed by atoms with Crippen molar-refractivity contribution in [3.63, 3.8) is 0 Å². The second-order valence-corrected chi connectivity index (χ2v) is 4.64. The summed E-state index contributed by atoms with van der Waals surface area (Å²) in [5, 5.41) is 11.7. The number of hydrogen-bond donors (Lipinski definition) is 1. The van der Waals surface area contributed by atoms with E-state index >= 15 is 0 Å². The highest BCUT2D eigenvalue weighted by Crippen LogP contribution is 2.33. The molecule has 6 heteroatoms. The van der Waals surface area contributed by atoms with E-state index < -0.39 is 5.82 Å². The van der Waals surface area contributed by atoms with Gasteiger partial charge in [0.05, 0.1) is 11.4 Å². The van der Waals surface area contributed by atoms with Crippen LogP contribution in [0.2, 0.25) is 0 Å². The topological polar surface area (TPSA) is 69.6 Å². The molecular weight excluding hydrogens is 233 g/mol. The number of hydrogen-bond acceptors (Lipinski definition) is 4. The molecule has 3 rings (SSSR count). The van der Waals surface area contributed by atoms with Crippen LogP contribution in [0.1, 0.15) is 37.4 Å². The zero-order valence-electron chi connectivity index (χ0n) is 9.88. The van der Waals surface area contributed by atoms with Crippen LogP contribution in [0.25, 0.3) is 5.69 Å². The minimum atomic E-state index is -0.444. The van der Waals surface area contributed by atoms with Crippen molar-refractivity contribution in [1.29, 1.82) is 0 Å². The molecule has 1 aromatic carbocycles. The smallest absolute Gasteiger partial charge is 0.159 e. The van der Waals surface area contributed by atoms with Crippen molar-refractivity contribution in [1.82, 2.24) is 20.2 Å². The molecule has 1 aliphatic rings. The zero-order chi connectivity index (χ0) is 12.5. The monoisotopic (exact) mass is 247 g/mol. The lowest BCUT2D eigenvalue weighted by atomic mass is 10.1. The van der Waals surface area contributed by atoms with E-state index in [0.29, 0.717) is 11.6 Å². The van der Waals surface area contributed by atoms with Gasteiger partial charge in [0.25, 0.3) is 0 Å². The molecule has 1 saturated carbocycles. The van der Waals surface area contributed by atoms with Gasteiger partial charge >= 0.3 is 0 Å². The molecule has 2 aromatic rings. The lowest BCUT2D eigenvalue weighted by molar-refractivity contribution is 0.618. The number of benzene rings is 1. The Balaban J connectivity index is 2.00. The van der Waals surface area contributed by atoms with Crippen LogP contribution in [0.4, 0.5) is 10.1 Å². The highest BCUT2D eigenvalue weighted by atomic mass is 19.1. The highest BCUT2D eigenvalue weighted by molar-refractivity contribution is 5.46. The Morgan fingerprint density at radius 2 is 2.06 bits per heavy atom. The summed E-state index contributed by atoms with van der Waals surface area (Å²) in [6.45, 7) is 0. The third kappa shape index (κ3) is 1.83. The molecule has 94 valence electrons. The molecule has 0 radical (unpaired) electrons. The lowest BCUT2D eigenvalue weighted by Crippen LogP contribution is -2.07. The van der Waals surface area contributed by atoms with Crippen LogP contribution in [0.15, 0.2) is 18.2 Å². The standard InChI is InChI=1S/C12H14FN5/c13-10-7-9(5-6-11(10)14)18-12(15-16-17-18)8-3-1-2-4-8/h5-8H,1-4,14H2. The van der Waals surface area contributed by atoms with Crippen LogP contribution < -0.4 is 5.73 Å². The van der Waals surface area contributed by atoms with Crippen molar-refractivity contribution < 1.29 is 4.39 Å². The first kappa shape index (κ1) is 11.1. The van der Waals surface area contributed by atoms with Crippen molar-refractivity contribution in [2.75, 3.05) is 5.73 Å².